The topological polar surface area (TPSA) is 40.5 Å². The molecule has 0 aliphatic heterocycles. The van der Waals surface area contributed by atoms with E-state index < -0.39 is 5.97 Å². The quantitative estimate of drug-likeness (QED) is 0.831. The van der Waals surface area contributed by atoms with Gasteiger partial charge in [0, 0.05) is 6.04 Å². The van der Waals surface area contributed by atoms with Crippen molar-refractivity contribution in [1.82, 2.24) is 4.90 Å². The highest BCUT2D eigenvalue weighted by atomic mass is 16.4. The van der Waals surface area contributed by atoms with Crippen LogP contribution in [0.15, 0.2) is 24.3 Å². The van der Waals surface area contributed by atoms with Gasteiger partial charge in [-0.1, -0.05) is 32.0 Å². The van der Waals surface area contributed by atoms with Crippen molar-refractivity contribution in [2.45, 2.75) is 26.8 Å². The molecule has 88 valence electrons. The lowest BCUT2D eigenvalue weighted by Gasteiger charge is -2.27. The van der Waals surface area contributed by atoms with Gasteiger partial charge in [0.05, 0.1) is 5.56 Å². The van der Waals surface area contributed by atoms with Crippen molar-refractivity contribution in [3.05, 3.63) is 35.4 Å². The van der Waals surface area contributed by atoms with Gasteiger partial charge in [-0.15, -0.1) is 0 Å². The second-order valence-corrected chi connectivity index (χ2v) is 3.79. The maximum absolute atomic E-state index is 11.1. The molecule has 0 fully saturated rings. The van der Waals surface area contributed by atoms with Crippen LogP contribution >= 0.6 is 0 Å². The number of hydrogen-bond donors (Lipinski definition) is 1. The van der Waals surface area contributed by atoms with Gasteiger partial charge in [-0.2, -0.15) is 0 Å². The van der Waals surface area contributed by atoms with Gasteiger partial charge in [-0.05, 0) is 31.6 Å². The summed E-state index contributed by atoms with van der Waals surface area (Å²) in [7, 11) is 0. The molecule has 16 heavy (non-hydrogen) atoms. The zero-order valence-electron chi connectivity index (χ0n) is 10.1. The second kappa shape index (κ2) is 5.66. The Morgan fingerprint density at radius 1 is 1.31 bits per heavy atom. The van der Waals surface area contributed by atoms with Crippen molar-refractivity contribution in [2.24, 2.45) is 0 Å². The van der Waals surface area contributed by atoms with Gasteiger partial charge in [-0.3, -0.25) is 4.90 Å². The molecular formula is C13H19NO2. The van der Waals surface area contributed by atoms with Gasteiger partial charge in [0.15, 0.2) is 0 Å². The lowest BCUT2D eigenvalue weighted by molar-refractivity contribution is 0.0693. The minimum atomic E-state index is -0.852. The molecule has 1 rings (SSSR count). The molecule has 1 N–H and O–H groups in total. The summed E-state index contributed by atoms with van der Waals surface area (Å²) < 4.78 is 0. The summed E-state index contributed by atoms with van der Waals surface area (Å²) in [5.41, 5.74) is 1.29. The van der Waals surface area contributed by atoms with Crippen LogP contribution in [0.1, 0.15) is 42.7 Å². The fraction of sp³-hybridized carbons (Fsp3) is 0.462. The minimum absolute atomic E-state index is 0.141. The molecule has 1 unspecified atom stereocenters. The third kappa shape index (κ3) is 2.61. The number of aromatic carboxylic acids is 1. The van der Waals surface area contributed by atoms with Crippen LogP contribution in [-0.4, -0.2) is 29.1 Å². The molecule has 0 aliphatic rings. The first kappa shape index (κ1) is 12.7. The number of carboxylic acid groups (broad SMARTS) is 1. The molecule has 0 spiro atoms. The van der Waals surface area contributed by atoms with Crippen molar-refractivity contribution in [3.63, 3.8) is 0 Å². The van der Waals surface area contributed by atoms with E-state index in [1.165, 1.54) is 0 Å². The van der Waals surface area contributed by atoms with Crippen LogP contribution in [-0.2, 0) is 0 Å². The first-order chi connectivity index (χ1) is 7.61. The predicted octanol–water partition coefficient (Wildman–Crippen LogP) is 2.79. The smallest absolute Gasteiger partial charge is 0.336 e. The summed E-state index contributed by atoms with van der Waals surface area (Å²) in [4.78, 5) is 13.3. The molecule has 0 bridgehead atoms. The Labute approximate surface area is 96.7 Å². The van der Waals surface area contributed by atoms with E-state index in [0.29, 0.717) is 5.56 Å². The third-order valence-corrected chi connectivity index (χ3v) is 3.00. The molecule has 3 nitrogen and oxygen atoms in total. The Hall–Kier alpha value is -1.35. The molecule has 0 amide bonds. The highest BCUT2D eigenvalue weighted by Crippen LogP contribution is 2.23. The summed E-state index contributed by atoms with van der Waals surface area (Å²) in [5.74, 6) is -0.852. The Morgan fingerprint density at radius 2 is 1.88 bits per heavy atom. The van der Waals surface area contributed by atoms with Crippen LogP contribution in [0, 0.1) is 0 Å². The Bertz CT molecular complexity index is 359. The molecule has 1 aromatic carbocycles. The van der Waals surface area contributed by atoms with Gasteiger partial charge in [0.2, 0.25) is 0 Å². The van der Waals surface area contributed by atoms with Crippen LogP contribution in [0.4, 0.5) is 0 Å². The summed E-state index contributed by atoms with van der Waals surface area (Å²) in [6.45, 7) is 8.07. The van der Waals surface area contributed by atoms with Crippen LogP contribution in [0.25, 0.3) is 0 Å². The first-order valence-electron chi connectivity index (χ1n) is 5.68. The average molecular weight is 221 g/mol. The number of benzene rings is 1. The van der Waals surface area contributed by atoms with Gasteiger partial charge < -0.3 is 5.11 Å². The zero-order valence-corrected chi connectivity index (χ0v) is 10.1. The van der Waals surface area contributed by atoms with Crippen LogP contribution in [0.3, 0.4) is 0 Å². The van der Waals surface area contributed by atoms with E-state index in [1.807, 2.05) is 12.1 Å². The molecule has 0 radical (unpaired) electrons. The average Bonchev–Trinajstić information content (AvgIpc) is 2.30. The van der Waals surface area contributed by atoms with E-state index in [9.17, 15) is 4.79 Å². The van der Waals surface area contributed by atoms with E-state index in [0.717, 1.165) is 18.7 Å². The van der Waals surface area contributed by atoms with E-state index in [-0.39, 0.29) is 6.04 Å². The summed E-state index contributed by atoms with van der Waals surface area (Å²) in [5, 5.41) is 9.12. The Morgan fingerprint density at radius 3 is 2.38 bits per heavy atom. The van der Waals surface area contributed by atoms with Crippen LogP contribution in [0.5, 0.6) is 0 Å². The highest BCUT2D eigenvalue weighted by molar-refractivity contribution is 5.89. The molecule has 1 aromatic rings. The second-order valence-electron chi connectivity index (χ2n) is 3.79. The first-order valence-corrected chi connectivity index (χ1v) is 5.68. The number of carbonyl (C=O) groups is 1. The minimum Gasteiger partial charge on any atom is -0.478 e. The zero-order chi connectivity index (χ0) is 12.1. The van der Waals surface area contributed by atoms with Crippen molar-refractivity contribution in [1.29, 1.82) is 0 Å². The van der Waals surface area contributed by atoms with Crippen LogP contribution < -0.4 is 0 Å². The molecule has 0 heterocycles. The Kier molecular flexibility index (Phi) is 4.50. The number of nitrogens with zero attached hydrogens (tertiary/aromatic N) is 1. The summed E-state index contributed by atoms with van der Waals surface area (Å²) >= 11 is 0. The third-order valence-electron chi connectivity index (χ3n) is 3.00. The van der Waals surface area contributed by atoms with E-state index in [1.54, 1.807) is 12.1 Å². The lowest BCUT2D eigenvalue weighted by atomic mass is 10.0. The van der Waals surface area contributed by atoms with E-state index in [4.69, 9.17) is 5.11 Å². The monoisotopic (exact) mass is 221 g/mol. The molecule has 0 saturated heterocycles. The standard InChI is InChI=1S/C13H19NO2/c1-4-14(5-2)10(3)11-8-6-7-9-12(11)13(15)16/h6-10H,4-5H2,1-3H3,(H,15,16). The van der Waals surface area contributed by atoms with Gasteiger partial charge in [-0.25, -0.2) is 4.79 Å². The molecule has 0 saturated carbocycles. The fourth-order valence-electron chi connectivity index (χ4n) is 2.02. The summed E-state index contributed by atoms with van der Waals surface area (Å²) in [6.07, 6.45) is 0. The molecule has 1 atom stereocenters. The molecular weight excluding hydrogens is 202 g/mol. The number of carboxylic acids is 1. The molecule has 0 aromatic heterocycles. The SMILES string of the molecule is CCN(CC)C(C)c1ccccc1C(=O)O. The number of rotatable bonds is 5. The van der Waals surface area contributed by atoms with Crippen LogP contribution in [0.2, 0.25) is 0 Å². The predicted molar refractivity (Wildman–Crippen MR) is 64.7 cm³/mol. The van der Waals surface area contributed by atoms with Gasteiger partial charge >= 0.3 is 5.97 Å². The maximum Gasteiger partial charge on any atom is 0.336 e. The maximum atomic E-state index is 11.1. The largest absolute Gasteiger partial charge is 0.478 e. The van der Waals surface area contributed by atoms with Crippen molar-refractivity contribution < 1.29 is 9.90 Å². The van der Waals surface area contributed by atoms with E-state index >= 15 is 0 Å². The fourth-order valence-corrected chi connectivity index (χ4v) is 2.02. The lowest BCUT2D eigenvalue weighted by Crippen LogP contribution is -2.27. The Balaban J connectivity index is 3.07. The van der Waals surface area contributed by atoms with Crippen molar-refractivity contribution in [3.8, 4) is 0 Å². The highest BCUT2D eigenvalue weighted by Gasteiger charge is 2.18. The molecule has 0 aliphatic carbocycles. The van der Waals surface area contributed by atoms with Gasteiger partial charge in [0.25, 0.3) is 0 Å². The van der Waals surface area contributed by atoms with Crippen molar-refractivity contribution >= 4 is 5.97 Å². The summed E-state index contributed by atoms with van der Waals surface area (Å²) in [6, 6.07) is 7.36. The normalized spacial score (nSPS) is 12.8. The van der Waals surface area contributed by atoms with E-state index in [2.05, 4.69) is 25.7 Å². The van der Waals surface area contributed by atoms with Gasteiger partial charge in [0.1, 0.15) is 0 Å². The van der Waals surface area contributed by atoms with Crippen molar-refractivity contribution in [2.75, 3.05) is 13.1 Å². The molecule has 3 heteroatoms. The number of hydrogen-bond acceptors (Lipinski definition) is 2.